The van der Waals surface area contributed by atoms with Crippen LogP contribution in [0.2, 0.25) is 0 Å². The number of aromatic nitrogens is 1. The molecule has 5 rings (SSSR count). The lowest BCUT2D eigenvalue weighted by Gasteiger charge is -2.36. The molecule has 1 saturated heterocycles. The normalized spacial score (nSPS) is 19.0. The number of fused-ring (bicyclic) bond motifs is 2. The molecule has 1 fully saturated rings. The van der Waals surface area contributed by atoms with Crippen LogP contribution in [0.15, 0.2) is 54.7 Å². The van der Waals surface area contributed by atoms with Crippen LogP contribution < -0.4 is 15.5 Å². The molecular formula is C23H28ClN5O. The fourth-order valence-corrected chi connectivity index (χ4v) is 4.76. The van der Waals surface area contributed by atoms with Gasteiger partial charge in [-0.25, -0.2) is 4.79 Å². The van der Waals surface area contributed by atoms with Crippen LogP contribution in [0.1, 0.15) is 17.9 Å². The van der Waals surface area contributed by atoms with Gasteiger partial charge in [0.2, 0.25) is 0 Å². The van der Waals surface area contributed by atoms with E-state index in [1.165, 1.54) is 22.2 Å². The first-order valence-electron chi connectivity index (χ1n) is 10.4. The number of primary amides is 1. The van der Waals surface area contributed by atoms with Gasteiger partial charge in [0.1, 0.15) is 0 Å². The number of carbonyl (C=O) groups is 1. The predicted molar refractivity (Wildman–Crippen MR) is 125 cm³/mol. The first kappa shape index (κ1) is 20.6. The molecule has 1 atom stereocenters. The van der Waals surface area contributed by atoms with E-state index in [0.717, 1.165) is 44.8 Å². The second-order valence-corrected chi connectivity index (χ2v) is 8.07. The lowest BCUT2D eigenvalue weighted by Crippen LogP contribution is -2.47. The van der Waals surface area contributed by atoms with Crippen molar-refractivity contribution in [3.63, 3.8) is 0 Å². The summed E-state index contributed by atoms with van der Waals surface area (Å²) in [5.74, 6) is 0.368. The highest BCUT2D eigenvalue weighted by atomic mass is 35.5. The van der Waals surface area contributed by atoms with Crippen molar-refractivity contribution >= 4 is 40.7 Å². The number of halogens is 1. The molecule has 1 unspecified atom stereocenters. The summed E-state index contributed by atoms with van der Waals surface area (Å²) >= 11 is 0. The molecular weight excluding hydrogens is 398 g/mol. The average Bonchev–Trinajstić information content (AvgIpc) is 3.37. The molecule has 1 aromatic heterocycles. The number of amides is 2. The third-order valence-corrected chi connectivity index (χ3v) is 6.40. The standard InChI is InChI=1S/C23H27N5O.ClH/c24-23(29)28-16-18(20-3-1-2-4-22(20)28)8-10-26-11-13-27(14-12-26)19-5-6-21-17(15-19)7-9-25-21;/h1-7,9,15,18,25H,8,10-14,16H2,(H2,24,29);1H. The Morgan fingerprint density at radius 3 is 2.67 bits per heavy atom. The Morgan fingerprint density at radius 2 is 1.87 bits per heavy atom. The number of nitrogens with two attached hydrogens (primary N) is 1. The second-order valence-electron chi connectivity index (χ2n) is 8.07. The van der Waals surface area contributed by atoms with Crippen molar-refractivity contribution in [2.24, 2.45) is 5.73 Å². The van der Waals surface area contributed by atoms with Gasteiger partial charge in [-0.15, -0.1) is 12.4 Å². The van der Waals surface area contributed by atoms with E-state index >= 15 is 0 Å². The third-order valence-electron chi connectivity index (χ3n) is 6.40. The van der Waals surface area contributed by atoms with Crippen molar-refractivity contribution in [1.82, 2.24) is 9.88 Å². The minimum absolute atomic E-state index is 0. The first-order chi connectivity index (χ1) is 14.2. The Hall–Kier alpha value is -2.70. The summed E-state index contributed by atoms with van der Waals surface area (Å²) in [6.07, 6.45) is 3.04. The number of carbonyl (C=O) groups excluding carboxylic acids is 1. The number of benzene rings is 2. The smallest absolute Gasteiger partial charge is 0.319 e. The number of H-pyrrole nitrogens is 1. The molecule has 3 heterocycles. The quantitative estimate of drug-likeness (QED) is 0.668. The molecule has 158 valence electrons. The minimum atomic E-state index is -0.354. The van der Waals surface area contributed by atoms with Crippen molar-refractivity contribution in [1.29, 1.82) is 0 Å². The van der Waals surface area contributed by atoms with Gasteiger partial charge in [0.15, 0.2) is 0 Å². The Morgan fingerprint density at radius 1 is 1.07 bits per heavy atom. The van der Waals surface area contributed by atoms with Crippen molar-refractivity contribution < 1.29 is 4.79 Å². The number of urea groups is 1. The van der Waals surface area contributed by atoms with Gasteiger partial charge in [0, 0.05) is 67.1 Å². The number of rotatable bonds is 4. The van der Waals surface area contributed by atoms with Gasteiger partial charge in [-0.2, -0.15) is 0 Å². The SMILES string of the molecule is Cl.NC(=O)N1CC(CCN2CCN(c3ccc4[nH]ccc4c3)CC2)c2ccccc21. The summed E-state index contributed by atoms with van der Waals surface area (Å²) in [7, 11) is 0. The number of hydrogen-bond donors (Lipinski definition) is 2. The first-order valence-corrected chi connectivity index (χ1v) is 10.4. The predicted octanol–water partition coefficient (Wildman–Crippen LogP) is 3.78. The van der Waals surface area contributed by atoms with Gasteiger partial charge < -0.3 is 15.6 Å². The number of piperazine rings is 1. The number of nitrogens with zero attached hydrogens (tertiary/aromatic N) is 3. The number of hydrogen-bond acceptors (Lipinski definition) is 3. The molecule has 3 N–H and O–H groups in total. The molecule has 0 aliphatic carbocycles. The van der Waals surface area contributed by atoms with Crippen molar-refractivity contribution in [2.45, 2.75) is 12.3 Å². The highest BCUT2D eigenvalue weighted by Crippen LogP contribution is 2.37. The van der Waals surface area contributed by atoms with Gasteiger partial charge in [-0.05, 0) is 48.9 Å². The zero-order valence-corrected chi connectivity index (χ0v) is 17.8. The summed E-state index contributed by atoms with van der Waals surface area (Å²) in [5, 5.41) is 1.27. The Kier molecular flexibility index (Phi) is 5.88. The van der Waals surface area contributed by atoms with Gasteiger partial charge in [0.05, 0.1) is 0 Å². The lowest BCUT2D eigenvalue weighted by atomic mass is 9.97. The minimum Gasteiger partial charge on any atom is -0.369 e. The molecule has 2 aliphatic heterocycles. The topological polar surface area (TPSA) is 68.6 Å². The maximum Gasteiger partial charge on any atom is 0.319 e. The fraction of sp³-hybridized carbons (Fsp3) is 0.348. The van der Waals surface area contributed by atoms with Crippen LogP contribution in [0.4, 0.5) is 16.2 Å². The molecule has 2 aliphatic rings. The monoisotopic (exact) mass is 425 g/mol. The van der Waals surface area contributed by atoms with Crippen LogP contribution in [0.25, 0.3) is 10.9 Å². The maximum absolute atomic E-state index is 11.8. The van der Waals surface area contributed by atoms with E-state index in [0.29, 0.717) is 12.5 Å². The highest BCUT2D eigenvalue weighted by Gasteiger charge is 2.31. The Balaban J connectivity index is 0.00000218. The highest BCUT2D eigenvalue weighted by molar-refractivity contribution is 5.93. The molecule has 0 spiro atoms. The summed E-state index contributed by atoms with van der Waals surface area (Å²) in [4.78, 5) is 21.8. The van der Waals surface area contributed by atoms with E-state index in [-0.39, 0.29) is 18.4 Å². The van der Waals surface area contributed by atoms with E-state index < -0.39 is 0 Å². The maximum atomic E-state index is 11.8. The van der Waals surface area contributed by atoms with Crippen molar-refractivity contribution in [3.8, 4) is 0 Å². The molecule has 0 saturated carbocycles. The van der Waals surface area contributed by atoms with Crippen LogP contribution in [-0.4, -0.2) is 55.2 Å². The molecule has 30 heavy (non-hydrogen) atoms. The molecule has 3 aromatic rings. The molecule has 2 aromatic carbocycles. The van der Waals surface area contributed by atoms with Crippen molar-refractivity contribution in [3.05, 3.63) is 60.3 Å². The molecule has 2 amide bonds. The number of aromatic amines is 1. The van der Waals surface area contributed by atoms with E-state index in [2.05, 4.69) is 51.2 Å². The van der Waals surface area contributed by atoms with Crippen LogP contribution in [0, 0.1) is 0 Å². The van der Waals surface area contributed by atoms with Gasteiger partial charge in [-0.1, -0.05) is 18.2 Å². The fourth-order valence-electron chi connectivity index (χ4n) is 4.76. The van der Waals surface area contributed by atoms with Crippen LogP contribution in [-0.2, 0) is 0 Å². The van der Waals surface area contributed by atoms with Gasteiger partial charge >= 0.3 is 6.03 Å². The molecule has 6 nitrogen and oxygen atoms in total. The zero-order chi connectivity index (χ0) is 19.8. The van der Waals surface area contributed by atoms with Crippen LogP contribution >= 0.6 is 12.4 Å². The number of para-hydroxylation sites is 1. The molecule has 0 bridgehead atoms. The summed E-state index contributed by atoms with van der Waals surface area (Å²) in [6, 6.07) is 16.6. The largest absolute Gasteiger partial charge is 0.369 e. The van der Waals surface area contributed by atoms with Gasteiger partial charge in [-0.3, -0.25) is 9.80 Å². The second kappa shape index (κ2) is 8.58. The summed E-state index contributed by atoms with van der Waals surface area (Å²) < 4.78 is 0. The van der Waals surface area contributed by atoms with Crippen LogP contribution in [0.5, 0.6) is 0 Å². The summed E-state index contributed by atoms with van der Waals surface area (Å²) in [6.45, 7) is 5.98. The number of anilines is 2. The Labute approximate surface area is 183 Å². The lowest BCUT2D eigenvalue weighted by molar-refractivity contribution is 0.247. The van der Waals surface area contributed by atoms with Crippen molar-refractivity contribution in [2.75, 3.05) is 49.1 Å². The van der Waals surface area contributed by atoms with E-state index in [1.54, 1.807) is 4.90 Å². The number of nitrogens with one attached hydrogen (secondary N) is 1. The third kappa shape index (κ3) is 3.85. The summed E-state index contributed by atoms with van der Waals surface area (Å²) in [5.41, 5.74) is 10.3. The van der Waals surface area contributed by atoms with Crippen LogP contribution in [0.3, 0.4) is 0 Å². The Bertz CT molecular complexity index is 1030. The molecule has 7 heteroatoms. The van der Waals surface area contributed by atoms with E-state index in [4.69, 9.17) is 5.73 Å². The average molecular weight is 426 g/mol. The van der Waals surface area contributed by atoms with E-state index in [1.807, 2.05) is 18.3 Å². The zero-order valence-electron chi connectivity index (χ0n) is 17.0. The van der Waals surface area contributed by atoms with E-state index in [9.17, 15) is 4.79 Å². The molecule has 0 radical (unpaired) electrons. The van der Waals surface area contributed by atoms with Gasteiger partial charge in [0.25, 0.3) is 0 Å².